The third-order valence-electron chi connectivity index (χ3n) is 15.1. The van der Waals surface area contributed by atoms with Gasteiger partial charge in [-0.1, -0.05) is 95.6 Å². The molecule has 4 aromatic rings. The predicted molar refractivity (Wildman–Crippen MR) is 297 cm³/mol. The number of hydrogen-bond acceptors (Lipinski definition) is 15. The van der Waals surface area contributed by atoms with Gasteiger partial charge in [0, 0.05) is 55.9 Å². The number of hydrazine groups is 1. The number of aromatic nitrogens is 2. The van der Waals surface area contributed by atoms with Crippen LogP contribution in [-0.4, -0.2) is 102 Å². The largest absolute Gasteiger partial charge is 0.393 e. The van der Waals surface area contributed by atoms with Gasteiger partial charge in [0.2, 0.25) is 11.8 Å². The van der Waals surface area contributed by atoms with Crippen molar-refractivity contribution in [3.63, 3.8) is 0 Å². The first-order chi connectivity index (χ1) is 35.6. The van der Waals surface area contributed by atoms with Crippen LogP contribution in [0.25, 0.3) is 20.9 Å². The molecular formula is C58H73N9O6S2. The number of thiazole rings is 2. The average Bonchev–Trinajstić information content (AvgIpc) is 3.62. The summed E-state index contributed by atoms with van der Waals surface area (Å²) in [5.41, 5.74) is 13.4. The number of hydrazone groups is 1. The van der Waals surface area contributed by atoms with Gasteiger partial charge in [-0.2, -0.15) is 5.10 Å². The number of ketones is 2. The Morgan fingerprint density at radius 2 is 1.49 bits per heavy atom. The molecule has 398 valence electrons. The Balaban J connectivity index is 0.929. The molecule has 6 N–H and O–H groups in total. The zero-order chi connectivity index (χ0) is 54.0. The Morgan fingerprint density at radius 1 is 0.880 bits per heavy atom. The molecule has 4 aliphatic rings. The number of nitrogens with zero attached hydrogens (tertiary/aromatic N) is 6. The number of amides is 2. The third-order valence-corrected chi connectivity index (χ3v) is 17.1. The van der Waals surface area contributed by atoms with E-state index in [1.54, 1.807) is 46.2 Å². The molecule has 0 spiro atoms. The van der Waals surface area contributed by atoms with Crippen LogP contribution in [0.4, 0.5) is 0 Å². The maximum absolute atomic E-state index is 14.9. The Hall–Kier alpha value is -6.14. The van der Waals surface area contributed by atoms with E-state index in [-0.39, 0.29) is 55.1 Å². The maximum atomic E-state index is 14.9. The number of carbonyl (C=O) groups is 4. The lowest BCUT2D eigenvalue weighted by atomic mass is 9.80. The normalized spacial score (nSPS) is 22.8. The smallest absolute Gasteiger partial charge is 0.248 e. The molecule has 0 radical (unpaired) electrons. The molecule has 75 heavy (non-hydrogen) atoms. The summed E-state index contributed by atoms with van der Waals surface area (Å²) in [5.74, 6) is 4.45. The van der Waals surface area contributed by atoms with Crippen LogP contribution in [0.1, 0.15) is 110 Å². The van der Waals surface area contributed by atoms with E-state index < -0.39 is 52.5 Å². The summed E-state index contributed by atoms with van der Waals surface area (Å²) >= 11 is 3.19. The van der Waals surface area contributed by atoms with Gasteiger partial charge >= 0.3 is 0 Å². The van der Waals surface area contributed by atoms with Crippen LogP contribution in [0.5, 0.6) is 0 Å². The molecule has 2 aliphatic heterocycles. The molecule has 0 bridgehead atoms. The number of carbonyl (C=O) groups excluding carboxylic acids is 4. The van der Waals surface area contributed by atoms with Gasteiger partial charge in [0.25, 0.3) is 0 Å². The quantitative estimate of drug-likeness (QED) is 0.0276. The fraction of sp³-hybridized carbons (Fsp3) is 0.483. The Kier molecular flexibility index (Phi) is 16.6. The van der Waals surface area contributed by atoms with Crippen LogP contribution in [0.3, 0.4) is 0 Å². The van der Waals surface area contributed by atoms with Crippen molar-refractivity contribution in [3.8, 4) is 20.9 Å². The van der Waals surface area contributed by atoms with Gasteiger partial charge in [0.15, 0.2) is 11.6 Å². The topological polar surface area (TPSA) is 216 Å². The third kappa shape index (κ3) is 12.6. The highest BCUT2D eigenvalue weighted by molar-refractivity contribution is 7.13. The van der Waals surface area contributed by atoms with E-state index in [4.69, 9.17) is 10.8 Å². The molecule has 2 saturated carbocycles. The maximum Gasteiger partial charge on any atom is 0.248 e. The number of aliphatic hydroxyl groups is 2. The zero-order valence-corrected chi connectivity index (χ0v) is 46.3. The van der Waals surface area contributed by atoms with Crippen LogP contribution in [-0.2, 0) is 32.1 Å². The molecule has 4 heterocycles. The first kappa shape index (κ1) is 55.1. The van der Waals surface area contributed by atoms with Gasteiger partial charge < -0.3 is 31.7 Å². The molecule has 1 saturated heterocycles. The lowest BCUT2D eigenvalue weighted by Crippen LogP contribution is -2.58. The van der Waals surface area contributed by atoms with Gasteiger partial charge in [-0.3, -0.25) is 29.2 Å². The van der Waals surface area contributed by atoms with Gasteiger partial charge in [0.1, 0.15) is 12.1 Å². The number of likely N-dealkylation sites (tertiary alicyclic amines) is 1. The van der Waals surface area contributed by atoms with Crippen molar-refractivity contribution in [1.29, 1.82) is 0 Å². The van der Waals surface area contributed by atoms with Gasteiger partial charge in [-0.15, -0.1) is 22.7 Å². The number of benzene rings is 2. The number of Topliss-reactive ketones (excluding diaryl/α,β-unsaturated/α-hetero) is 1. The van der Waals surface area contributed by atoms with Crippen LogP contribution in [0.2, 0.25) is 0 Å². The number of hydrogen-bond donors (Lipinski definition) is 5. The summed E-state index contributed by atoms with van der Waals surface area (Å²) in [6.45, 7) is 18.0. The second-order valence-corrected chi connectivity index (χ2v) is 24.8. The number of aryl methyl sites for hydroxylation is 2. The van der Waals surface area contributed by atoms with E-state index in [9.17, 15) is 29.4 Å². The molecule has 2 amide bonds. The fourth-order valence-electron chi connectivity index (χ4n) is 11.0. The molecule has 2 aromatic carbocycles. The SMILES string of the molecule is C/C(=C/C(=O)[C@@H]1C[C@@H](O)CN1C(=O)[C@@H](N1C=C(C2(C(C=N[C@H](C(=O)CC3C[C@H](O)C[C@H]3C(=O)NCc3ccc(-c4scnc4C)cc3)C(C)(C)C)=NN)CC2)C=CN1)C(C)(C)C)Cc1ccc(-c2scnc2C)cc1. The minimum atomic E-state index is -0.855. The van der Waals surface area contributed by atoms with Crippen LogP contribution < -0.4 is 16.6 Å². The van der Waals surface area contributed by atoms with Gasteiger partial charge in [0.05, 0.1) is 56.1 Å². The number of aliphatic imine (C=N–C) groups is 1. The molecule has 17 heteroatoms. The number of rotatable bonds is 18. The second-order valence-electron chi connectivity index (χ2n) is 23.1. The van der Waals surface area contributed by atoms with E-state index in [1.807, 2.05) is 110 Å². The van der Waals surface area contributed by atoms with E-state index in [0.717, 1.165) is 54.5 Å². The van der Waals surface area contributed by atoms with Gasteiger partial charge in [-0.25, -0.2) is 9.97 Å². The lowest BCUT2D eigenvalue weighted by molar-refractivity contribution is -0.144. The van der Waals surface area contributed by atoms with E-state index in [2.05, 4.69) is 50.1 Å². The molecule has 2 aromatic heterocycles. The molecule has 1 unspecified atom stereocenters. The summed E-state index contributed by atoms with van der Waals surface area (Å²) in [6.07, 6.45) is 10.1. The summed E-state index contributed by atoms with van der Waals surface area (Å²) < 4.78 is 0. The summed E-state index contributed by atoms with van der Waals surface area (Å²) in [4.78, 5) is 74.4. The number of allylic oxidation sites excluding steroid dienone is 3. The van der Waals surface area contributed by atoms with Gasteiger partial charge in [-0.05, 0) is 110 Å². The summed E-state index contributed by atoms with van der Waals surface area (Å²) in [6, 6.07) is 13.9. The number of nitrogens with two attached hydrogens (primary N) is 1. The van der Waals surface area contributed by atoms with Crippen LogP contribution in [0, 0.1) is 41.9 Å². The van der Waals surface area contributed by atoms with E-state index in [0.29, 0.717) is 37.9 Å². The minimum Gasteiger partial charge on any atom is -0.393 e. The van der Waals surface area contributed by atoms with Crippen molar-refractivity contribution in [3.05, 3.63) is 118 Å². The summed E-state index contributed by atoms with van der Waals surface area (Å²) in [5, 5.41) is 30.9. The molecule has 2 aliphatic carbocycles. The second kappa shape index (κ2) is 22.6. The Morgan fingerprint density at radius 3 is 2.04 bits per heavy atom. The summed E-state index contributed by atoms with van der Waals surface area (Å²) in [7, 11) is 0. The van der Waals surface area contributed by atoms with E-state index in [1.165, 1.54) is 4.90 Å². The molecule has 3 fully saturated rings. The highest BCUT2D eigenvalue weighted by Crippen LogP contribution is 2.54. The first-order valence-electron chi connectivity index (χ1n) is 26.0. The fourth-order valence-corrected chi connectivity index (χ4v) is 12.7. The minimum absolute atomic E-state index is 0.0324. The molecular weight excluding hydrogens is 983 g/mol. The van der Waals surface area contributed by atoms with Crippen molar-refractivity contribution < 1.29 is 29.4 Å². The number of β-amino-alcohol motifs (C(OH)–C–C–N with tert-alkyl or cyclic N) is 1. The van der Waals surface area contributed by atoms with Crippen LogP contribution >= 0.6 is 22.7 Å². The number of nitrogens with one attached hydrogen (secondary N) is 2. The van der Waals surface area contributed by atoms with Crippen molar-refractivity contribution in [2.75, 3.05) is 6.54 Å². The van der Waals surface area contributed by atoms with Crippen molar-refractivity contribution >= 4 is 58.0 Å². The Labute approximate surface area is 449 Å². The van der Waals surface area contributed by atoms with Crippen molar-refractivity contribution in [2.45, 2.75) is 144 Å². The highest BCUT2D eigenvalue weighted by Gasteiger charge is 2.52. The van der Waals surface area contributed by atoms with Crippen molar-refractivity contribution in [2.24, 2.45) is 44.0 Å². The molecule has 15 nitrogen and oxygen atoms in total. The Bertz CT molecular complexity index is 2900. The molecule has 7 atom stereocenters. The van der Waals surface area contributed by atoms with Crippen LogP contribution in [0.15, 0.2) is 105 Å². The lowest BCUT2D eigenvalue weighted by Gasteiger charge is -2.42. The van der Waals surface area contributed by atoms with E-state index >= 15 is 0 Å². The standard InChI is InChI=1S/C58H73N9O6S2/c1-34(22-37-10-14-39(15-11-37)50-35(2)62-32-74-50)23-47(70)46-27-44(69)31-66(46)55(73)53(57(7,8)9)67-30-42(18-21-64-67)58(19-20-58)49(65-59)29-60-52(56(4,5)6)48(71)25-41-24-43(68)26-45(41)54(72)61-28-38-12-16-40(17-13-38)51-36(3)63-33-75-51/h10-18,21,23,29-30,32-33,41,43-46,52-53,64,68-69H,19-20,22,24-28,31,59H2,1-9H3,(H,61,72)/b34-23-,60-29?,65-49?/t41?,43-,44+,45+,46-,52+,53+/m0/s1. The number of aliphatic hydroxyl groups excluding tert-OH is 2. The highest BCUT2D eigenvalue weighted by atomic mass is 32.1. The van der Waals surface area contributed by atoms with Crippen molar-refractivity contribution in [1.82, 2.24) is 30.6 Å². The predicted octanol–water partition coefficient (Wildman–Crippen LogP) is 8.45. The zero-order valence-electron chi connectivity index (χ0n) is 44.7. The molecule has 8 rings (SSSR count). The monoisotopic (exact) mass is 1060 g/mol. The first-order valence-corrected chi connectivity index (χ1v) is 27.7. The average molecular weight is 1060 g/mol.